The number of ether oxygens (including phenoxy) is 1. The number of methoxy groups -OCH3 is 1. The quantitative estimate of drug-likeness (QED) is 0.745. The third kappa shape index (κ3) is 2.47. The lowest BCUT2D eigenvalue weighted by Gasteiger charge is -2.05. The van der Waals surface area contributed by atoms with Crippen LogP contribution in [0, 0.1) is 0 Å². The molecule has 0 amide bonds. The molecule has 19 heavy (non-hydrogen) atoms. The summed E-state index contributed by atoms with van der Waals surface area (Å²) in [5, 5.41) is 3.16. The van der Waals surface area contributed by atoms with Crippen LogP contribution in [0.4, 0.5) is 5.95 Å². The summed E-state index contributed by atoms with van der Waals surface area (Å²) in [4.78, 5) is 15.6. The molecule has 0 fully saturated rings. The van der Waals surface area contributed by atoms with Crippen LogP contribution in [0.3, 0.4) is 0 Å². The molecule has 6 nitrogen and oxygen atoms in total. The summed E-state index contributed by atoms with van der Waals surface area (Å²) in [6, 6.07) is 7.85. The van der Waals surface area contributed by atoms with Crippen molar-refractivity contribution in [1.29, 1.82) is 0 Å². The van der Waals surface area contributed by atoms with Gasteiger partial charge in [-0.05, 0) is 17.7 Å². The molecule has 0 bridgehead atoms. The average molecular weight is 255 g/mol. The molecule has 0 aliphatic carbocycles. The van der Waals surface area contributed by atoms with Gasteiger partial charge in [0.05, 0.1) is 19.6 Å². The van der Waals surface area contributed by atoms with Crippen LogP contribution in [0.5, 0.6) is 5.75 Å². The highest BCUT2D eigenvalue weighted by atomic mass is 16.5. The van der Waals surface area contributed by atoms with Crippen molar-refractivity contribution in [1.82, 2.24) is 19.9 Å². The van der Waals surface area contributed by atoms with Crippen LogP contribution in [-0.4, -0.2) is 27.0 Å². The molecule has 0 saturated carbocycles. The van der Waals surface area contributed by atoms with E-state index in [1.54, 1.807) is 19.6 Å². The van der Waals surface area contributed by atoms with Crippen molar-refractivity contribution in [3.05, 3.63) is 42.4 Å². The van der Waals surface area contributed by atoms with Crippen LogP contribution in [0.25, 0.3) is 11.2 Å². The minimum Gasteiger partial charge on any atom is -0.497 e. The Bertz CT molecular complexity index is 677. The monoisotopic (exact) mass is 255 g/mol. The lowest BCUT2D eigenvalue weighted by molar-refractivity contribution is 0.414. The molecular weight excluding hydrogens is 242 g/mol. The number of hydrogen-bond donors (Lipinski definition) is 2. The van der Waals surface area contributed by atoms with E-state index in [-0.39, 0.29) is 0 Å². The summed E-state index contributed by atoms with van der Waals surface area (Å²) in [5.41, 5.74) is 2.62. The van der Waals surface area contributed by atoms with Crippen molar-refractivity contribution in [2.75, 3.05) is 12.4 Å². The standard InChI is InChI=1S/C13H13N5O/c1-19-10-4-2-9(3-5-10)6-14-13-15-7-11-12(18-13)17-8-16-11/h2-5,7-8H,6H2,1H3,(H2,14,15,16,17,18). The van der Waals surface area contributed by atoms with Crippen molar-refractivity contribution in [2.24, 2.45) is 0 Å². The SMILES string of the molecule is COc1ccc(CNc2ncc3[nH]cnc3n2)cc1. The van der Waals surface area contributed by atoms with Gasteiger partial charge in [0.1, 0.15) is 11.3 Å². The van der Waals surface area contributed by atoms with Crippen molar-refractivity contribution >= 4 is 17.1 Å². The molecule has 0 aliphatic heterocycles. The molecule has 2 aromatic heterocycles. The maximum atomic E-state index is 5.11. The average Bonchev–Trinajstić information content (AvgIpc) is 2.93. The van der Waals surface area contributed by atoms with Gasteiger partial charge < -0.3 is 15.0 Å². The lowest BCUT2D eigenvalue weighted by atomic mass is 10.2. The molecule has 3 aromatic rings. The summed E-state index contributed by atoms with van der Waals surface area (Å²) in [6.07, 6.45) is 3.32. The van der Waals surface area contributed by atoms with Gasteiger partial charge in [-0.15, -0.1) is 0 Å². The fraction of sp³-hybridized carbons (Fsp3) is 0.154. The van der Waals surface area contributed by atoms with Crippen molar-refractivity contribution in [3.63, 3.8) is 0 Å². The Balaban J connectivity index is 1.70. The Morgan fingerprint density at radius 1 is 1.21 bits per heavy atom. The minimum absolute atomic E-state index is 0.565. The molecule has 0 atom stereocenters. The number of benzene rings is 1. The summed E-state index contributed by atoms with van der Waals surface area (Å²) < 4.78 is 5.11. The molecule has 2 N–H and O–H groups in total. The molecule has 0 saturated heterocycles. The van der Waals surface area contributed by atoms with Gasteiger partial charge in [-0.1, -0.05) is 12.1 Å². The fourth-order valence-corrected chi connectivity index (χ4v) is 1.75. The Morgan fingerprint density at radius 3 is 2.84 bits per heavy atom. The van der Waals surface area contributed by atoms with Crippen LogP contribution < -0.4 is 10.1 Å². The normalized spacial score (nSPS) is 10.6. The van der Waals surface area contributed by atoms with E-state index in [4.69, 9.17) is 4.74 Å². The zero-order valence-electron chi connectivity index (χ0n) is 10.4. The highest BCUT2D eigenvalue weighted by molar-refractivity contribution is 5.69. The third-order valence-electron chi connectivity index (χ3n) is 2.79. The second-order valence-electron chi connectivity index (χ2n) is 4.04. The van der Waals surface area contributed by atoms with E-state index in [1.165, 1.54) is 0 Å². The molecule has 1 aromatic carbocycles. The zero-order chi connectivity index (χ0) is 13.1. The molecule has 0 unspecified atom stereocenters. The third-order valence-corrected chi connectivity index (χ3v) is 2.79. The van der Waals surface area contributed by atoms with Gasteiger partial charge in [-0.2, -0.15) is 4.98 Å². The van der Waals surface area contributed by atoms with Crippen molar-refractivity contribution in [3.8, 4) is 5.75 Å². The van der Waals surface area contributed by atoms with Gasteiger partial charge in [-0.3, -0.25) is 0 Å². The largest absolute Gasteiger partial charge is 0.497 e. The molecule has 96 valence electrons. The minimum atomic E-state index is 0.565. The van der Waals surface area contributed by atoms with Crippen LogP contribution in [0.2, 0.25) is 0 Å². The number of aromatic nitrogens is 4. The molecule has 2 heterocycles. The number of anilines is 1. The highest BCUT2D eigenvalue weighted by Crippen LogP contribution is 2.13. The van der Waals surface area contributed by atoms with E-state index in [0.717, 1.165) is 16.8 Å². The Labute approximate surface area is 109 Å². The fourth-order valence-electron chi connectivity index (χ4n) is 1.75. The van der Waals surface area contributed by atoms with Crippen LogP contribution in [0.15, 0.2) is 36.8 Å². The molecule has 0 aliphatic rings. The van der Waals surface area contributed by atoms with E-state index < -0.39 is 0 Å². The number of aromatic amines is 1. The van der Waals surface area contributed by atoms with Gasteiger partial charge in [0.15, 0.2) is 5.65 Å². The number of imidazole rings is 1. The van der Waals surface area contributed by atoms with Crippen molar-refractivity contribution in [2.45, 2.75) is 6.54 Å². The lowest BCUT2D eigenvalue weighted by Crippen LogP contribution is -2.03. The highest BCUT2D eigenvalue weighted by Gasteiger charge is 2.01. The van der Waals surface area contributed by atoms with Crippen LogP contribution >= 0.6 is 0 Å². The number of nitrogens with one attached hydrogen (secondary N) is 2. The smallest absolute Gasteiger partial charge is 0.225 e. The number of rotatable bonds is 4. The summed E-state index contributed by atoms with van der Waals surface area (Å²) >= 11 is 0. The van der Waals surface area contributed by atoms with Gasteiger partial charge in [0.25, 0.3) is 0 Å². The predicted molar refractivity (Wildman–Crippen MR) is 72.0 cm³/mol. The molecule has 0 spiro atoms. The Morgan fingerprint density at radius 2 is 2.05 bits per heavy atom. The van der Waals surface area contributed by atoms with Gasteiger partial charge in [-0.25, -0.2) is 9.97 Å². The number of nitrogens with zero attached hydrogens (tertiary/aromatic N) is 3. The molecular formula is C13H13N5O. The number of hydrogen-bond acceptors (Lipinski definition) is 5. The van der Waals surface area contributed by atoms with E-state index in [0.29, 0.717) is 18.1 Å². The van der Waals surface area contributed by atoms with Crippen LogP contribution in [0.1, 0.15) is 5.56 Å². The summed E-state index contributed by atoms with van der Waals surface area (Å²) in [5.74, 6) is 1.41. The molecule has 3 rings (SSSR count). The first-order chi connectivity index (χ1) is 9.35. The second kappa shape index (κ2) is 4.93. The van der Waals surface area contributed by atoms with E-state index in [1.807, 2.05) is 24.3 Å². The van der Waals surface area contributed by atoms with E-state index in [2.05, 4.69) is 25.3 Å². The molecule has 6 heteroatoms. The van der Waals surface area contributed by atoms with Gasteiger partial charge >= 0.3 is 0 Å². The van der Waals surface area contributed by atoms with E-state index >= 15 is 0 Å². The van der Waals surface area contributed by atoms with Gasteiger partial charge in [0, 0.05) is 6.54 Å². The molecule has 0 radical (unpaired) electrons. The summed E-state index contributed by atoms with van der Waals surface area (Å²) in [7, 11) is 1.65. The Hall–Kier alpha value is -2.63. The van der Waals surface area contributed by atoms with Crippen molar-refractivity contribution < 1.29 is 4.74 Å². The number of fused-ring (bicyclic) bond motifs is 1. The summed E-state index contributed by atoms with van der Waals surface area (Å²) in [6.45, 7) is 0.653. The maximum Gasteiger partial charge on any atom is 0.225 e. The first-order valence-corrected chi connectivity index (χ1v) is 5.88. The second-order valence-corrected chi connectivity index (χ2v) is 4.04. The first-order valence-electron chi connectivity index (χ1n) is 5.88. The predicted octanol–water partition coefficient (Wildman–Crippen LogP) is 1.97. The first kappa shape index (κ1) is 11.5. The zero-order valence-corrected chi connectivity index (χ0v) is 10.4. The van der Waals surface area contributed by atoms with Crippen LogP contribution in [-0.2, 0) is 6.54 Å². The number of H-pyrrole nitrogens is 1. The van der Waals surface area contributed by atoms with Gasteiger partial charge in [0.2, 0.25) is 5.95 Å². The topological polar surface area (TPSA) is 75.7 Å². The maximum absolute atomic E-state index is 5.11. The van der Waals surface area contributed by atoms with E-state index in [9.17, 15) is 0 Å². The Kier molecular flexibility index (Phi) is 2.97.